The van der Waals surface area contributed by atoms with Gasteiger partial charge in [0.25, 0.3) is 0 Å². The molecule has 0 saturated carbocycles. The lowest BCUT2D eigenvalue weighted by molar-refractivity contribution is 0.147. The minimum Gasteiger partial charge on any atom is -0.423 e. The Bertz CT molecular complexity index is 116. The van der Waals surface area contributed by atoms with E-state index < -0.39 is 0 Å². The zero-order valence-corrected chi connectivity index (χ0v) is 10.9. The molecule has 0 bridgehead atoms. The summed E-state index contributed by atoms with van der Waals surface area (Å²) in [6.45, 7) is 6.17. The van der Waals surface area contributed by atoms with Gasteiger partial charge in [-0.1, -0.05) is 12.2 Å². The number of allylic oxidation sites excluding steroid dienone is 2. The molecule has 0 fully saturated rings. The van der Waals surface area contributed by atoms with Crippen LogP contribution in [-0.2, 0) is 4.43 Å². The Balaban J connectivity index is 0.000000202. The van der Waals surface area contributed by atoms with Crippen molar-refractivity contribution in [1.29, 1.82) is 0 Å². The SMILES string of the molecule is C1=CCCCC1.CC(C)(C)O[SiH3]. The first-order valence-electron chi connectivity index (χ1n) is 4.76. The summed E-state index contributed by atoms with van der Waals surface area (Å²) in [4.78, 5) is 0. The van der Waals surface area contributed by atoms with Crippen LogP contribution in [0.1, 0.15) is 46.5 Å². The van der Waals surface area contributed by atoms with Crippen molar-refractivity contribution in [3.63, 3.8) is 0 Å². The number of hydrogen-bond donors (Lipinski definition) is 0. The second-order valence-electron chi connectivity index (χ2n) is 4.07. The van der Waals surface area contributed by atoms with E-state index in [1.54, 1.807) is 0 Å². The highest BCUT2D eigenvalue weighted by atomic mass is 28.2. The molecule has 2 heteroatoms. The summed E-state index contributed by atoms with van der Waals surface area (Å²) >= 11 is 0. The molecule has 1 rings (SSSR count). The fourth-order valence-corrected chi connectivity index (χ4v) is 0.760. The lowest BCUT2D eigenvalue weighted by Crippen LogP contribution is -2.16. The predicted molar refractivity (Wildman–Crippen MR) is 58.4 cm³/mol. The van der Waals surface area contributed by atoms with E-state index in [9.17, 15) is 0 Å². The van der Waals surface area contributed by atoms with Crippen LogP contribution in [0.4, 0.5) is 0 Å². The van der Waals surface area contributed by atoms with Crippen molar-refractivity contribution in [2.24, 2.45) is 0 Å². The van der Waals surface area contributed by atoms with Gasteiger partial charge in [0.1, 0.15) is 10.5 Å². The van der Waals surface area contributed by atoms with E-state index in [1.807, 2.05) is 0 Å². The van der Waals surface area contributed by atoms with Crippen LogP contribution in [0.5, 0.6) is 0 Å². The van der Waals surface area contributed by atoms with E-state index in [0.29, 0.717) is 0 Å². The molecular formula is C10H22OSi. The summed E-state index contributed by atoms with van der Waals surface area (Å²) in [5.41, 5.74) is 0.103. The fraction of sp³-hybridized carbons (Fsp3) is 0.800. The van der Waals surface area contributed by atoms with Crippen LogP contribution in [0.25, 0.3) is 0 Å². The summed E-state index contributed by atoms with van der Waals surface area (Å²) in [5, 5.41) is 0. The topological polar surface area (TPSA) is 9.23 Å². The molecule has 0 N–H and O–H groups in total. The van der Waals surface area contributed by atoms with E-state index in [0.717, 1.165) is 10.5 Å². The normalized spacial score (nSPS) is 16.9. The highest BCUT2D eigenvalue weighted by Gasteiger charge is 2.03. The van der Waals surface area contributed by atoms with E-state index in [2.05, 4.69) is 32.9 Å². The molecule has 0 aromatic rings. The third-order valence-electron chi connectivity index (χ3n) is 1.77. The molecule has 0 amide bonds. The zero-order chi connectivity index (χ0) is 9.45. The van der Waals surface area contributed by atoms with Gasteiger partial charge in [-0.05, 0) is 46.5 Å². The first-order chi connectivity index (χ1) is 5.56. The molecule has 0 spiro atoms. The van der Waals surface area contributed by atoms with Crippen LogP contribution < -0.4 is 0 Å². The van der Waals surface area contributed by atoms with Crippen molar-refractivity contribution >= 4 is 10.5 Å². The summed E-state index contributed by atoms with van der Waals surface area (Å²) in [6.07, 6.45) is 10.0. The third kappa shape index (κ3) is 9.92. The number of hydrogen-bond acceptors (Lipinski definition) is 1. The van der Waals surface area contributed by atoms with Gasteiger partial charge >= 0.3 is 0 Å². The summed E-state index contributed by atoms with van der Waals surface area (Å²) in [7, 11) is 0.848. The van der Waals surface area contributed by atoms with Crippen molar-refractivity contribution in [3.8, 4) is 0 Å². The highest BCUT2D eigenvalue weighted by Crippen LogP contribution is 2.07. The molecule has 1 aliphatic rings. The maximum Gasteiger partial charge on any atom is 0.146 e. The van der Waals surface area contributed by atoms with Gasteiger partial charge in [-0.25, -0.2) is 0 Å². The van der Waals surface area contributed by atoms with Crippen molar-refractivity contribution in [3.05, 3.63) is 12.2 Å². The van der Waals surface area contributed by atoms with Gasteiger partial charge in [-0.15, -0.1) is 0 Å². The van der Waals surface area contributed by atoms with Gasteiger partial charge < -0.3 is 4.43 Å². The molecule has 0 radical (unpaired) electrons. The van der Waals surface area contributed by atoms with Gasteiger partial charge in [0.2, 0.25) is 0 Å². The average Bonchev–Trinajstić information content (AvgIpc) is 2.07. The van der Waals surface area contributed by atoms with Crippen LogP contribution >= 0.6 is 0 Å². The van der Waals surface area contributed by atoms with Crippen LogP contribution in [-0.4, -0.2) is 16.1 Å². The van der Waals surface area contributed by atoms with Crippen molar-refractivity contribution < 1.29 is 4.43 Å². The smallest absolute Gasteiger partial charge is 0.146 e. The Morgan fingerprint density at radius 1 is 1.08 bits per heavy atom. The van der Waals surface area contributed by atoms with Gasteiger partial charge in [0, 0.05) is 5.60 Å². The molecule has 1 aliphatic carbocycles. The summed E-state index contributed by atoms with van der Waals surface area (Å²) < 4.78 is 5.08. The Morgan fingerprint density at radius 2 is 1.42 bits per heavy atom. The van der Waals surface area contributed by atoms with Crippen molar-refractivity contribution in [2.45, 2.75) is 52.1 Å². The second-order valence-corrected chi connectivity index (χ2v) is 4.48. The Morgan fingerprint density at radius 3 is 1.50 bits per heavy atom. The lowest BCUT2D eigenvalue weighted by Gasteiger charge is -2.15. The summed E-state index contributed by atoms with van der Waals surface area (Å²) in [5.74, 6) is 0. The first-order valence-corrected chi connectivity index (χ1v) is 5.58. The summed E-state index contributed by atoms with van der Waals surface area (Å²) in [6, 6.07) is 0. The van der Waals surface area contributed by atoms with E-state index in [-0.39, 0.29) is 5.60 Å². The molecule has 1 nitrogen and oxygen atoms in total. The molecule has 0 aliphatic heterocycles. The minimum absolute atomic E-state index is 0.103. The Kier molecular flexibility index (Phi) is 6.39. The average molecular weight is 186 g/mol. The highest BCUT2D eigenvalue weighted by molar-refractivity contribution is 5.98. The fourth-order valence-electron chi connectivity index (χ4n) is 0.760. The van der Waals surface area contributed by atoms with Crippen LogP contribution in [0, 0.1) is 0 Å². The quantitative estimate of drug-likeness (QED) is 0.416. The molecule has 0 saturated heterocycles. The molecule has 72 valence electrons. The molecule has 12 heavy (non-hydrogen) atoms. The van der Waals surface area contributed by atoms with Crippen molar-refractivity contribution in [1.82, 2.24) is 0 Å². The van der Waals surface area contributed by atoms with Gasteiger partial charge in [0.15, 0.2) is 0 Å². The van der Waals surface area contributed by atoms with Gasteiger partial charge in [-0.3, -0.25) is 0 Å². The third-order valence-corrected chi connectivity index (χ3v) is 3.00. The number of rotatable bonds is 0. The zero-order valence-electron chi connectivity index (χ0n) is 8.89. The van der Waals surface area contributed by atoms with Crippen LogP contribution in [0.2, 0.25) is 0 Å². The molecule has 0 atom stereocenters. The molecule has 0 aromatic carbocycles. The van der Waals surface area contributed by atoms with E-state index in [4.69, 9.17) is 4.43 Å². The van der Waals surface area contributed by atoms with Gasteiger partial charge in [0.05, 0.1) is 0 Å². The lowest BCUT2D eigenvalue weighted by atomic mass is 10.1. The molecule has 0 heterocycles. The second kappa shape index (κ2) is 6.43. The predicted octanol–water partition coefficient (Wildman–Crippen LogP) is 2.20. The Hall–Kier alpha value is -0.0831. The molecule has 0 unspecified atom stereocenters. The molecular weight excluding hydrogens is 164 g/mol. The molecule has 0 aromatic heterocycles. The van der Waals surface area contributed by atoms with Crippen molar-refractivity contribution in [2.75, 3.05) is 0 Å². The monoisotopic (exact) mass is 186 g/mol. The van der Waals surface area contributed by atoms with E-state index in [1.165, 1.54) is 25.7 Å². The van der Waals surface area contributed by atoms with E-state index >= 15 is 0 Å². The maximum atomic E-state index is 5.08. The van der Waals surface area contributed by atoms with Crippen LogP contribution in [0.15, 0.2) is 12.2 Å². The van der Waals surface area contributed by atoms with Gasteiger partial charge in [-0.2, -0.15) is 0 Å². The van der Waals surface area contributed by atoms with Crippen LogP contribution in [0.3, 0.4) is 0 Å². The standard InChI is InChI=1S/C6H10.C4H12OSi/c1-2-4-6-5-3-1;1-4(2,3)5-6/h1-2H,3-6H2;1-3,6H3. The first kappa shape index (κ1) is 11.9. The Labute approximate surface area is 79.7 Å². The largest absolute Gasteiger partial charge is 0.423 e. The minimum atomic E-state index is 0.103. The maximum absolute atomic E-state index is 5.08.